The topological polar surface area (TPSA) is 64.4 Å². The minimum absolute atomic E-state index is 0.00429. The highest BCUT2D eigenvalue weighted by Crippen LogP contribution is 2.44. The van der Waals surface area contributed by atoms with Gasteiger partial charge in [-0.25, -0.2) is 4.98 Å². The zero-order chi connectivity index (χ0) is 20.2. The Morgan fingerprint density at radius 2 is 2.07 bits per heavy atom. The van der Waals surface area contributed by atoms with E-state index in [4.69, 9.17) is 9.15 Å². The van der Waals surface area contributed by atoms with E-state index in [1.165, 1.54) is 43.4 Å². The molecule has 2 heterocycles. The maximum Gasteiger partial charge on any atom is 0.226 e. The van der Waals surface area contributed by atoms with Gasteiger partial charge in [0.1, 0.15) is 11.5 Å². The summed E-state index contributed by atoms with van der Waals surface area (Å²) < 4.78 is 11.1. The molecular formula is C23H32N2O3S. The number of hydrogen-bond acceptors (Lipinski definition) is 5. The molecule has 6 heteroatoms. The van der Waals surface area contributed by atoms with Crippen LogP contribution >= 0.6 is 11.3 Å². The van der Waals surface area contributed by atoms with E-state index in [1.807, 2.05) is 32.4 Å². The zero-order valence-corrected chi connectivity index (χ0v) is 18.3. The Morgan fingerprint density at radius 3 is 2.86 bits per heavy atom. The molecule has 0 aliphatic heterocycles. The first-order valence-corrected chi connectivity index (χ1v) is 11.7. The van der Waals surface area contributed by atoms with Crippen LogP contribution in [0.4, 0.5) is 5.13 Å². The van der Waals surface area contributed by atoms with Gasteiger partial charge in [-0.3, -0.25) is 4.79 Å². The average Bonchev–Trinajstić information content (AvgIpc) is 3.34. The third kappa shape index (κ3) is 5.48. The van der Waals surface area contributed by atoms with Crippen LogP contribution in [0.3, 0.4) is 0 Å². The molecule has 1 N–H and O–H groups in total. The standard InChI is InChI=1S/C23H32N2O3S/c1-15-3-7-19(28-15)9-10-22(26)25-23-24-14-21(29-23)12-16-4-5-18-13-20(27-2)8-6-17(18)11-16/h3,7,14,16-18,20H,4-6,8-13H2,1-2H3,(H,24,25,26). The molecule has 0 radical (unpaired) electrons. The second kappa shape index (κ2) is 9.43. The van der Waals surface area contributed by atoms with Crippen LogP contribution in [0.1, 0.15) is 61.3 Å². The van der Waals surface area contributed by atoms with Crippen molar-refractivity contribution in [2.24, 2.45) is 17.8 Å². The van der Waals surface area contributed by atoms with Gasteiger partial charge in [0.15, 0.2) is 5.13 Å². The Kier molecular flexibility index (Phi) is 6.70. The number of nitrogens with zero attached hydrogens (tertiary/aromatic N) is 1. The molecule has 2 aliphatic rings. The first-order chi connectivity index (χ1) is 14.1. The van der Waals surface area contributed by atoms with Gasteiger partial charge in [-0.2, -0.15) is 0 Å². The normalized spacial score (nSPS) is 26.8. The van der Waals surface area contributed by atoms with Crippen molar-refractivity contribution in [1.29, 1.82) is 0 Å². The largest absolute Gasteiger partial charge is 0.466 e. The highest BCUT2D eigenvalue weighted by molar-refractivity contribution is 7.15. The molecule has 0 saturated heterocycles. The molecular weight excluding hydrogens is 384 g/mol. The smallest absolute Gasteiger partial charge is 0.226 e. The van der Waals surface area contributed by atoms with Gasteiger partial charge in [0.2, 0.25) is 5.91 Å². The van der Waals surface area contributed by atoms with E-state index >= 15 is 0 Å². The van der Waals surface area contributed by atoms with E-state index in [-0.39, 0.29) is 5.91 Å². The number of furan rings is 1. The summed E-state index contributed by atoms with van der Waals surface area (Å²) in [6.07, 6.45) is 12.3. The Morgan fingerprint density at radius 1 is 1.24 bits per heavy atom. The molecule has 2 fully saturated rings. The van der Waals surface area contributed by atoms with Crippen molar-refractivity contribution < 1.29 is 13.9 Å². The molecule has 29 heavy (non-hydrogen) atoms. The van der Waals surface area contributed by atoms with Gasteiger partial charge in [-0.15, -0.1) is 11.3 Å². The van der Waals surface area contributed by atoms with Crippen molar-refractivity contribution in [3.63, 3.8) is 0 Å². The van der Waals surface area contributed by atoms with Crippen LogP contribution in [0.5, 0.6) is 0 Å². The first-order valence-electron chi connectivity index (χ1n) is 10.9. The monoisotopic (exact) mass is 416 g/mol. The molecule has 2 aliphatic carbocycles. The lowest BCUT2D eigenvalue weighted by atomic mass is 9.66. The Balaban J connectivity index is 1.22. The number of thiazole rings is 1. The van der Waals surface area contributed by atoms with Gasteiger partial charge >= 0.3 is 0 Å². The average molecular weight is 417 g/mol. The number of carbonyl (C=O) groups excluding carboxylic acids is 1. The highest BCUT2D eigenvalue weighted by atomic mass is 32.1. The number of amides is 1. The fourth-order valence-corrected chi connectivity index (χ4v) is 6.07. The summed E-state index contributed by atoms with van der Waals surface area (Å²) in [4.78, 5) is 17.9. The molecule has 0 aromatic carbocycles. The Labute approximate surface area is 177 Å². The number of hydrogen-bond donors (Lipinski definition) is 1. The molecule has 1 amide bonds. The SMILES string of the molecule is COC1CCC2CC(Cc3cnc(NC(=O)CCc4ccc(C)o4)s3)CCC2C1. The number of nitrogens with one attached hydrogen (secondary N) is 1. The summed E-state index contributed by atoms with van der Waals surface area (Å²) in [5, 5.41) is 3.66. The van der Waals surface area contributed by atoms with Crippen molar-refractivity contribution >= 4 is 22.4 Å². The maximum atomic E-state index is 12.2. The van der Waals surface area contributed by atoms with Gasteiger partial charge in [-0.1, -0.05) is 0 Å². The first kappa shape index (κ1) is 20.6. The minimum Gasteiger partial charge on any atom is -0.466 e. The van der Waals surface area contributed by atoms with E-state index in [0.717, 1.165) is 40.8 Å². The lowest BCUT2D eigenvalue weighted by molar-refractivity contribution is -0.116. The molecule has 0 spiro atoms. The summed E-state index contributed by atoms with van der Waals surface area (Å²) in [7, 11) is 1.86. The molecule has 2 saturated carbocycles. The molecule has 5 nitrogen and oxygen atoms in total. The van der Waals surface area contributed by atoms with Crippen molar-refractivity contribution in [2.45, 2.75) is 70.8 Å². The molecule has 158 valence electrons. The van der Waals surface area contributed by atoms with Gasteiger partial charge < -0.3 is 14.5 Å². The summed E-state index contributed by atoms with van der Waals surface area (Å²) in [6.45, 7) is 1.91. The van der Waals surface area contributed by atoms with Crippen molar-refractivity contribution in [2.75, 3.05) is 12.4 Å². The second-order valence-corrected chi connectivity index (χ2v) is 9.88. The number of ether oxygens (including phenoxy) is 1. The van der Waals surface area contributed by atoms with Gasteiger partial charge in [0, 0.05) is 31.0 Å². The second-order valence-electron chi connectivity index (χ2n) is 8.77. The maximum absolute atomic E-state index is 12.2. The zero-order valence-electron chi connectivity index (χ0n) is 17.5. The van der Waals surface area contributed by atoms with Crippen molar-refractivity contribution in [1.82, 2.24) is 4.98 Å². The summed E-state index contributed by atoms with van der Waals surface area (Å²) in [6, 6.07) is 3.86. The number of methoxy groups -OCH3 is 1. The third-order valence-electron chi connectivity index (χ3n) is 6.69. The third-order valence-corrected chi connectivity index (χ3v) is 7.63. The Hall–Kier alpha value is -1.66. The fourth-order valence-electron chi connectivity index (χ4n) is 5.12. The number of anilines is 1. The van der Waals surface area contributed by atoms with E-state index in [9.17, 15) is 4.79 Å². The number of fused-ring (bicyclic) bond motifs is 1. The van der Waals surface area contributed by atoms with Crippen LogP contribution in [-0.2, 0) is 22.4 Å². The van der Waals surface area contributed by atoms with Crippen molar-refractivity contribution in [3.8, 4) is 0 Å². The lowest BCUT2D eigenvalue weighted by Crippen LogP contribution is -2.34. The van der Waals surface area contributed by atoms with E-state index in [1.54, 1.807) is 11.3 Å². The van der Waals surface area contributed by atoms with Crippen LogP contribution in [0, 0.1) is 24.7 Å². The summed E-state index contributed by atoms with van der Waals surface area (Å²) in [5.74, 6) is 4.21. The van der Waals surface area contributed by atoms with Crippen LogP contribution in [-0.4, -0.2) is 24.1 Å². The predicted octanol–water partition coefficient (Wildman–Crippen LogP) is 5.39. The Bertz CT molecular complexity index is 815. The molecule has 4 rings (SSSR count). The summed E-state index contributed by atoms with van der Waals surface area (Å²) >= 11 is 1.63. The fraction of sp³-hybridized carbons (Fsp3) is 0.652. The van der Waals surface area contributed by atoms with Crippen LogP contribution in [0.15, 0.2) is 22.7 Å². The number of carbonyl (C=O) groups is 1. The molecule has 4 atom stereocenters. The molecule has 2 aromatic heterocycles. The molecule has 0 bridgehead atoms. The number of aromatic nitrogens is 1. The lowest BCUT2D eigenvalue weighted by Gasteiger charge is -2.41. The molecule has 2 aromatic rings. The van der Waals surface area contributed by atoms with Crippen LogP contribution in [0.25, 0.3) is 0 Å². The summed E-state index contributed by atoms with van der Waals surface area (Å²) in [5.41, 5.74) is 0. The van der Waals surface area contributed by atoms with Gasteiger partial charge in [0.05, 0.1) is 6.10 Å². The van der Waals surface area contributed by atoms with Gasteiger partial charge in [0.25, 0.3) is 0 Å². The van der Waals surface area contributed by atoms with E-state index < -0.39 is 0 Å². The number of aryl methyl sites for hydroxylation is 2. The van der Waals surface area contributed by atoms with Crippen molar-refractivity contribution in [3.05, 3.63) is 34.7 Å². The van der Waals surface area contributed by atoms with Crippen LogP contribution < -0.4 is 5.32 Å². The minimum atomic E-state index is -0.00429. The highest BCUT2D eigenvalue weighted by Gasteiger charge is 2.35. The van der Waals surface area contributed by atoms with E-state index in [0.29, 0.717) is 18.9 Å². The van der Waals surface area contributed by atoms with E-state index in [2.05, 4.69) is 10.3 Å². The number of rotatable bonds is 7. The van der Waals surface area contributed by atoms with Gasteiger partial charge in [-0.05, 0) is 81.8 Å². The molecule has 4 unspecified atom stereocenters. The van der Waals surface area contributed by atoms with Crippen LogP contribution in [0.2, 0.25) is 0 Å². The predicted molar refractivity (Wildman–Crippen MR) is 115 cm³/mol. The quantitative estimate of drug-likeness (QED) is 0.657.